The summed E-state index contributed by atoms with van der Waals surface area (Å²) < 4.78 is 27.4. The predicted octanol–water partition coefficient (Wildman–Crippen LogP) is 0.174. The molecule has 2 saturated heterocycles. The van der Waals surface area contributed by atoms with Gasteiger partial charge >= 0.3 is 0 Å². The van der Waals surface area contributed by atoms with Gasteiger partial charge in [-0.2, -0.15) is 17.0 Å². The largest absolute Gasteiger partial charge is 0.389 e. The van der Waals surface area contributed by atoms with Gasteiger partial charge in [0, 0.05) is 26.2 Å². The van der Waals surface area contributed by atoms with Crippen molar-refractivity contribution in [2.24, 2.45) is 0 Å². The SMILES string of the molecule is CC1(O)CCCN(S(=O)(=O)N2CCCC2)C1. The summed E-state index contributed by atoms with van der Waals surface area (Å²) in [7, 11) is -3.33. The van der Waals surface area contributed by atoms with Crippen molar-refractivity contribution in [1.82, 2.24) is 8.61 Å². The van der Waals surface area contributed by atoms with Gasteiger partial charge in [-0.1, -0.05) is 0 Å². The van der Waals surface area contributed by atoms with E-state index < -0.39 is 15.8 Å². The number of hydrogen-bond donors (Lipinski definition) is 1. The molecule has 0 radical (unpaired) electrons. The third-order valence-corrected chi connectivity index (χ3v) is 5.34. The minimum atomic E-state index is -3.33. The molecule has 0 aliphatic carbocycles. The van der Waals surface area contributed by atoms with Crippen molar-refractivity contribution in [3.63, 3.8) is 0 Å². The van der Waals surface area contributed by atoms with Crippen LogP contribution in [0.1, 0.15) is 32.6 Å². The summed E-state index contributed by atoms with van der Waals surface area (Å²) in [6.45, 7) is 3.72. The molecular formula is C10H20N2O3S. The van der Waals surface area contributed by atoms with E-state index in [1.165, 1.54) is 8.61 Å². The van der Waals surface area contributed by atoms with Crippen molar-refractivity contribution in [1.29, 1.82) is 0 Å². The highest BCUT2D eigenvalue weighted by atomic mass is 32.2. The van der Waals surface area contributed by atoms with Crippen LogP contribution in [0.4, 0.5) is 0 Å². The molecule has 5 nitrogen and oxygen atoms in total. The lowest BCUT2D eigenvalue weighted by Gasteiger charge is -2.37. The van der Waals surface area contributed by atoms with Crippen LogP contribution in [0.25, 0.3) is 0 Å². The van der Waals surface area contributed by atoms with E-state index in [9.17, 15) is 13.5 Å². The summed E-state index contributed by atoms with van der Waals surface area (Å²) in [5, 5.41) is 9.93. The quantitative estimate of drug-likeness (QED) is 0.758. The first-order valence-corrected chi connectivity index (χ1v) is 7.29. The zero-order valence-corrected chi connectivity index (χ0v) is 10.5. The Morgan fingerprint density at radius 3 is 2.19 bits per heavy atom. The first kappa shape index (κ1) is 12.3. The molecular weight excluding hydrogens is 228 g/mol. The minimum absolute atomic E-state index is 0.228. The van der Waals surface area contributed by atoms with Gasteiger partial charge < -0.3 is 5.11 Å². The maximum atomic E-state index is 12.2. The van der Waals surface area contributed by atoms with Gasteiger partial charge in [0.2, 0.25) is 0 Å². The van der Waals surface area contributed by atoms with E-state index in [-0.39, 0.29) is 6.54 Å². The second-order valence-corrected chi connectivity index (χ2v) is 6.98. The molecule has 0 aromatic heterocycles. The van der Waals surface area contributed by atoms with Crippen LogP contribution in [0, 0.1) is 0 Å². The van der Waals surface area contributed by atoms with E-state index in [4.69, 9.17) is 0 Å². The zero-order chi connectivity index (χ0) is 11.8. The zero-order valence-electron chi connectivity index (χ0n) is 9.72. The smallest absolute Gasteiger partial charge is 0.282 e. The molecule has 0 saturated carbocycles. The number of β-amino-alcohol motifs (C(OH)–C–C–N with tert-alkyl or cyclic N) is 1. The standard InChI is InChI=1S/C10H20N2O3S/c1-10(13)5-4-8-12(9-10)16(14,15)11-6-2-3-7-11/h13H,2-9H2,1H3. The van der Waals surface area contributed by atoms with Gasteiger partial charge in [0.25, 0.3) is 10.2 Å². The van der Waals surface area contributed by atoms with Crippen LogP contribution < -0.4 is 0 Å². The number of piperidine rings is 1. The molecule has 2 fully saturated rings. The Labute approximate surface area is 97.2 Å². The predicted molar refractivity (Wildman–Crippen MR) is 61.2 cm³/mol. The minimum Gasteiger partial charge on any atom is -0.389 e. The Kier molecular flexibility index (Phi) is 3.27. The van der Waals surface area contributed by atoms with Crippen molar-refractivity contribution in [3.8, 4) is 0 Å². The summed E-state index contributed by atoms with van der Waals surface area (Å²) in [6.07, 6.45) is 3.31. The molecule has 16 heavy (non-hydrogen) atoms. The lowest BCUT2D eigenvalue weighted by molar-refractivity contribution is 0.00797. The monoisotopic (exact) mass is 248 g/mol. The fourth-order valence-electron chi connectivity index (χ4n) is 2.45. The van der Waals surface area contributed by atoms with Gasteiger partial charge in [0.05, 0.1) is 5.60 Å². The number of aliphatic hydroxyl groups is 1. The molecule has 2 aliphatic rings. The highest BCUT2D eigenvalue weighted by molar-refractivity contribution is 7.86. The van der Waals surface area contributed by atoms with Gasteiger partial charge in [0.1, 0.15) is 0 Å². The molecule has 2 rings (SSSR count). The molecule has 2 aliphatic heterocycles. The molecule has 1 atom stereocenters. The summed E-state index contributed by atoms with van der Waals surface area (Å²) in [5.41, 5.74) is -0.870. The van der Waals surface area contributed by atoms with Crippen LogP contribution in [-0.4, -0.2) is 53.9 Å². The highest BCUT2D eigenvalue weighted by Gasteiger charge is 2.38. The van der Waals surface area contributed by atoms with Crippen molar-refractivity contribution in [2.75, 3.05) is 26.2 Å². The fourth-order valence-corrected chi connectivity index (χ4v) is 4.30. The molecule has 1 unspecified atom stereocenters. The summed E-state index contributed by atoms with van der Waals surface area (Å²) in [6, 6.07) is 0. The third-order valence-electron chi connectivity index (χ3n) is 3.36. The highest BCUT2D eigenvalue weighted by Crippen LogP contribution is 2.25. The van der Waals surface area contributed by atoms with Crippen molar-refractivity contribution in [3.05, 3.63) is 0 Å². The van der Waals surface area contributed by atoms with Crippen LogP contribution in [-0.2, 0) is 10.2 Å². The van der Waals surface area contributed by atoms with Crippen LogP contribution in [0.15, 0.2) is 0 Å². The topological polar surface area (TPSA) is 60.9 Å². The van der Waals surface area contributed by atoms with Crippen LogP contribution in [0.5, 0.6) is 0 Å². The maximum Gasteiger partial charge on any atom is 0.282 e. The normalized spacial score (nSPS) is 34.4. The van der Waals surface area contributed by atoms with Gasteiger partial charge in [-0.3, -0.25) is 0 Å². The number of rotatable bonds is 2. The van der Waals surface area contributed by atoms with E-state index >= 15 is 0 Å². The lowest BCUT2D eigenvalue weighted by Crippen LogP contribution is -2.52. The van der Waals surface area contributed by atoms with Gasteiger partial charge in [-0.15, -0.1) is 0 Å². The second-order valence-electron chi connectivity index (χ2n) is 5.05. The van der Waals surface area contributed by atoms with Gasteiger partial charge in [-0.25, -0.2) is 0 Å². The molecule has 0 amide bonds. The van der Waals surface area contributed by atoms with Gasteiger partial charge in [0.15, 0.2) is 0 Å². The van der Waals surface area contributed by atoms with Crippen LogP contribution in [0.3, 0.4) is 0 Å². The Morgan fingerprint density at radius 2 is 1.62 bits per heavy atom. The number of nitrogens with zero attached hydrogens (tertiary/aromatic N) is 2. The third kappa shape index (κ3) is 2.40. The average molecular weight is 248 g/mol. The molecule has 0 aromatic rings. The second kappa shape index (κ2) is 4.25. The first-order valence-electron chi connectivity index (χ1n) is 5.89. The van der Waals surface area contributed by atoms with Crippen molar-refractivity contribution in [2.45, 2.75) is 38.2 Å². The molecule has 2 heterocycles. The molecule has 94 valence electrons. The molecule has 0 bridgehead atoms. The van der Waals surface area contributed by atoms with Crippen molar-refractivity contribution < 1.29 is 13.5 Å². The average Bonchev–Trinajstić information content (AvgIpc) is 2.69. The lowest BCUT2D eigenvalue weighted by atomic mass is 9.97. The summed E-state index contributed by atoms with van der Waals surface area (Å²) in [4.78, 5) is 0. The van der Waals surface area contributed by atoms with E-state index in [1.807, 2.05) is 0 Å². The fraction of sp³-hybridized carbons (Fsp3) is 1.00. The van der Waals surface area contributed by atoms with Gasteiger partial charge in [-0.05, 0) is 32.6 Å². The number of hydrogen-bond acceptors (Lipinski definition) is 3. The van der Waals surface area contributed by atoms with E-state index in [2.05, 4.69) is 0 Å². The molecule has 1 N–H and O–H groups in total. The molecule has 6 heteroatoms. The maximum absolute atomic E-state index is 12.2. The summed E-state index contributed by atoms with van der Waals surface area (Å²) in [5.74, 6) is 0. The van der Waals surface area contributed by atoms with Crippen molar-refractivity contribution >= 4 is 10.2 Å². The first-order chi connectivity index (χ1) is 7.42. The molecule has 0 spiro atoms. The Hall–Kier alpha value is -0.170. The van der Waals surface area contributed by atoms with E-state index in [1.54, 1.807) is 6.92 Å². The Balaban J connectivity index is 2.11. The van der Waals surface area contributed by atoms with E-state index in [0.717, 1.165) is 19.3 Å². The molecule has 0 aromatic carbocycles. The van der Waals surface area contributed by atoms with E-state index in [0.29, 0.717) is 26.1 Å². The Bertz CT molecular complexity index is 347. The Morgan fingerprint density at radius 1 is 1.06 bits per heavy atom. The summed E-state index contributed by atoms with van der Waals surface area (Å²) >= 11 is 0. The van der Waals surface area contributed by atoms with Crippen LogP contribution >= 0.6 is 0 Å². The van der Waals surface area contributed by atoms with Crippen LogP contribution in [0.2, 0.25) is 0 Å².